The van der Waals surface area contributed by atoms with Gasteiger partial charge in [0.25, 0.3) is 5.91 Å². The van der Waals surface area contributed by atoms with E-state index < -0.39 is 0 Å². The average molecular weight is 475 g/mol. The molecule has 0 saturated carbocycles. The zero-order chi connectivity index (χ0) is 23.5. The lowest BCUT2D eigenvalue weighted by Gasteiger charge is -2.32. The van der Waals surface area contributed by atoms with Crippen LogP contribution in [0.25, 0.3) is 10.2 Å². The number of aryl methyl sites for hydroxylation is 1. The minimum Gasteiger partial charge on any atom is -0.489 e. The van der Waals surface area contributed by atoms with E-state index in [2.05, 4.69) is 34.3 Å². The second kappa shape index (κ2) is 10.0. The van der Waals surface area contributed by atoms with E-state index in [1.807, 2.05) is 65.5 Å². The Hall–Kier alpha value is -3.13. The van der Waals surface area contributed by atoms with E-state index in [1.54, 1.807) is 11.3 Å². The molecular formula is C27H30N4O2S. The highest BCUT2D eigenvalue weighted by molar-refractivity contribution is 7.17. The topological polar surface area (TPSA) is 49.7 Å². The Kier molecular flexibility index (Phi) is 6.67. The van der Waals surface area contributed by atoms with Crippen LogP contribution < -0.4 is 10.1 Å². The van der Waals surface area contributed by atoms with E-state index in [9.17, 15) is 4.79 Å². The third-order valence-electron chi connectivity index (χ3n) is 6.48. The van der Waals surface area contributed by atoms with Crippen LogP contribution in [0.5, 0.6) is 5.75 Å². The number of nitrogens with zero attached hydrogens (tertiary/aromatic N) is 3. The summed E-state index contributed by atoms with van der Waals surface area (Å²) in [5, 5.41) is 5.11. The molecule has 0 spiro atoms. The standard InChI is InChI=1S/C27H30N4O2S/c1-29-12-14-31(15-13-29)18-20-7-9-22(10-8-20)33-19-21-5-3-4-6-23(21)28-27(32)25-17-26-24(30(25)2)11-16-34-26/h3-11,16-17H,12-15,18-19H2,1-2H3,(H,28,32). The van der Waals surface area contributed by atoms with Gasteiger partial charge in [-0.05, 0) is 48.3 Å². The molecule has 34 heavy (non-hydrogen) atoms. The largest absolute Gasteiger partial charge is 0.489 e. The number of hydrogen-bond acceptors (Lipinski definition) is 5. The Labute approximate surface area is 204 Å². The quantitative estimate of drug-likeness (QED) is 0.417. The van der Waals surface area contributed by atoms with Crippen molar-refractivity contribution in [2.24, 2.45) is 7.05 Å². The summed E-state index contributed by atoms with van der Waals surface area (Å²) in [4.78, 5) is 17.8. The monoisotopic (exact) mass is 474 g/mol. The summed E-state index contributed by atoms with van der Waals surface area (Å²) in [7, 11) is 4.10. The van der Waals surface area contributed by atoms with E-state index in [4.69, 9.17) is 4.74 Å². The number of benzene rings is 2. The molecule has 7 heteroatoms. The lowest BCUT2D eigenvalue weighted by atomic mass is 10.1. The van der Waals surface area contributed by atoms with Gasteiger partial charge >= 0.3 is 0 Å². The number of nitrogens with one attached hydrogen (secondary N) is 1. The summed E-state index contributed by atoms with van der Waals surface area (Å²) in [6.45, 7) is 5.83. The van der Waals surface area contributed by atoms with Gasteiger partial charge in [0.2, 0.25) is 0 Å². The van der Waals surface area contributed by atoms with Crippen molar-refractivity contribution in [1.29, 1.82) is 0 Å². The van der Waals surface area contributed by atoms with E-state index in [-0.39, 0.29) is 5.91 Å². The smallest absolute Gasteiger partial charge is 0.272 e. The fourth-order valence-electron chi connectivity index (χ4n) is 4.34. The summed E-state index contributed by atoms with van der Waals surface area (Å²) in [5.41, 5.74) is 4.72. The molecule has 1 aliphatic rings. The molecular weight excluding hydrogens is 444 g/mol. The number of piperazine rings is 1. The Morgan fingerprint density at radius 2 is 1.76 bits per heavy atom. The number of fused-ring (bicyclic) bond motifs is 1. The van der Waals surface area contributed by atoms with Crippen LogP contribution in [0.4, 0.5) is 5.69 Å². The van der Waals surface area contributed by atoms with Gasteiger partial charge in [-0.1, -0.05) is 30.3 Å². The first-order valence-corrected chi connectivity index (χ1v) is 12.5. The maximum absolute atomic E-state index is 13.0. The van der Waals surface area contributed by atoms with Crippen LogP contribution in [-0.4, -0.2) is 53.5 Å². The molecule has 1 fully saturated rings. The molecule has 1 amide bonds. The zero-order valence-electron chi connectivity index (χ0n) is 19.7. The predicted molar refractivity (Wildman–Crippen MR) is 139 cm³/mol. The molecule has 3 heterocycles. The molecule has 6 nitrogen and oxygen atoms in total. The second-order valence-corrected chi connectivity index (χ2v) is 9.83. The van der Waals surface area contributed by atoms with Gasteiger partial charge in [0.15, 0.2) is 0 Å². The summed E-state index contributed by atoms with van der Waals surface area (Å²) in [5.74, 6) is 0.706. The first-order chi connectivity index (χ1) is 16.6. The van der Waals surface area contributed by atoms with Crippen LogP contribution in [0.1, 0.15) is 21.6 Å². The maximum Gasteiger partial charge on any atom is 0.272 e. The zero-order valence-corrected chi connectivity index (χ0v) is 20.5. The number of rotatable bonds is 7. The van der Waals surface area contributed by atoms with Crippen molar-refractivity contribution in [2.45, 2.75) is 13.2 Å². The van der Waals surface area contributed by atoms with Crippen molar-refractivity contribution < 1.29 is 9.53 Å². The number of aromatic nitrogens is 1. The van der Waals surface area contributed by atoms with Gasteiger partial charge in [-0.15, -0.1) is 11.3 Å². The minimum absolute atomic E-state index is 0.119. The molecule has 1 saturated heterocycles. The highest BCUT2D eigenvalue weighted by Crippen LogP contribution is 2.26. The third-order valence-corrected chi connectivity index (χ3v) is 7.33. The molecule has 176 valence electrons. The summed E-state index contributed by atoms with van der Waals surface area (Å²) < 4.78 is 9.11. The normalized spacial score (nSPS) is 15.0. The van der Waals surface area contributed by atoms with Crippen LogP contribution in [0.2, 0.25) is 0 Å². The number of carbonyl (C=O) groups excluding carboxylic acids is 1. The fourth-order valence-corrected chi connectivity index (χ4v) is 5.19. The number of para-hydroxylation sites is 1. The molecule has 0 unspecified atom stereocenters. The van der Waals surface area contributed by atoms with Crippen LogP contribution in [0.3, 0.4) is 0 Å². The van der Waals surface area contributed by atoms with Gasteiger partial charge in [-0.3, -0.25) is 9.69 Å². The number of ether oxygens (including phenoxy) is 1. The molecule has 0 radical (unpaired) electrons. The SMILES string of the molecule is CN1CCN(Cc2ccc(OCc3ccccc3NC(=O)c3cc4sccc4n3C)cc2)CC1. The maximum atomic E-state index is 13.0. The number of carbonyl (C=O) groups is 1. The van der Waals surface area contributed by atoms with Crippen molar-refractivity contribution in [3.05, 3.63) is 82.9 Å². The first kappa shape index (κ1) is 22.7. The van der Waals surface area contributed by atoms with Gasteiger partial charge in [0, 0.05) is 51.0 Å². The Balaban J connectivity index is 1.20. The predicted octanol–water partition coefficient (Wildman–Crippen LogP) is 4.82. The van der Waals surface area contributed by atoms with E-state index in [1.165, 1.54) is 5.56 Å². The number of hydrogen-bond donors (Lipinski definition) is 1. The van der Waals surface area contributed by atoms with E-state index in [0.717, 1.165) is 59.9 Å². The van der Waals surface area contributed by atoms with Crippen molar-refractivity contribution in [1.82, 2.24) is 14.4 Å². The molecule has 1 aliphatic heterocycles. The van der Waals surface area contributed by atoms with Gasteiger partial charge in [-0.25, -0.2) is 0 Å². The summed E-state index contributed by atoms with van der Waals surface area (Å²) in [6, 6.07) is 20.1. The average Bonchev–Trinajstić information content (AvgIpc) is 3.44. The van der Waals surface area contributed by atoms with Crippen molar-refractivity contribution >= 4 is 33.1 Å². The Morgan fingerprint density at radius 3 is 2.53 bits per heavy atom. The lowest BCUT2D eigenvalue weighted by Crippen LogP contribution is -2.43. The van der Waals surface area contributed by atoms with E-state index >= 15 is 0 Å². The molecule has 0 bridgehead atoms. The van der Waals surface area contributed by atoms with Crippen molar-refractivity contribution in [3.8, 4) is 5.75 Å². The van der Waals surface area contributed by atoms with Crippen LogP contribution in [0, 0.1) is 0 Å². The highest BCUT2D eigenvalue weighted by Gasteiger charge is 2.16. The second-order valence-electron chi connectivity index (χ2n) is 8.88. The van der Waals surface area contributed by atoms with Crippen molar-refractivity contribution in [2.75, 3.05) is 38.5 Å². The van der Waals surface area contributed by atoms with Gasteiger partial charge < -0.3 is 19.5 Å². The molecule has 2 aromatic carbocycles. The molecule has 5 rings (SSSR count). The number of amides is 1. The number of likely N-dealkylation sites (N-methyl/N-ethyl adjacent to an activating group) is 1. The molecule has 0 atom stereocenters. The fraction of sp³-hybridized carbons (Fsp3) is 0.296. The molecule has 2 aromatic heterocycles. The van der Waals surface area contributed by atoms with Gasteiger partial charge in [0.05, 0.1) is 10.2 Å². The molecule has 0 aliphatic carbocycles. The van der Waals surface area contributed by atoms with E-state index in [0.29, 0.717) is 12.3 Å². The van der Waals surface area contributed by atoms with Crippen molar-refractivity contribution in [3.63, 3.8) is 0 Å². The number of anilines is 1. The molecule has 4 aromatic rings. The van der Waals surface area contributed by atoms with Crippen LogP contribution in [-0.2, 0) is 20.2 Å². The molecule has 1 N–H and O–H groups in total. The first-order valence-electron chi connectivity index (χ1n) is 11.6. The third kappa shape index (κ3) is 5.01. The Bertz CT molecular complexity index is 1270. The van der Waals surface area contributed by atoms with Gasteiger partial charge in [0.1, 0.15) is 18.1 Å². The highest BCUT2D eigenvalue weighted by atomic mass is 32.1. The lowest BCUT2D eigenvalue weighted by molar-refractivity contribution is 0.101. The summed E-state index contributed by atoms with van der Waals surface area (Å²) in [6.07, 6.45) is 0. The van der Waals surface area contributed by atoms with Crippen LogP contribution in [0.15, 0.2) is 66.0 Å². The summed E-state index contributed by atoms with van der Waals surface area (Å²) >= 11 is 1.64. The van der Waals surface area contributed by atoms with Gasteiger partial charge in [-0.2, -0.15) is 0 Å². The Morgan fingerprint density at radius 1 is 1.00 bits per heavy atom. The minimum atomic E-state index is -0.119. The van der Waals surface area contributed by atoms with Crippen LogP contribution >= 0.6 is 11.3 Å². The number of thiophene rings is 1.